The number of fused-ring (bicyclic) bond motifs is 1. The van der Waals surface area contributed by atoms with Crippen LogP contribution < -0.4 is 4.72 Å². The van der Waals surface area contributed by atoms with Crippen molar-refractivity contribution in [1.82, 2.24) is 9.03 Å². The first-order valence-electron chi connectivity index (χ1n) is 6.13. The quantitative estimate of drug-likeness (QED) is 0.850. The van der Waals surface area contributed by atoms with Gasteiger partial charge in [-0.15, -0.1) is 0 Å². The first-order valence-corrected chi connectivity index (χ1v) is 7.57. The minimum atomic E-state index is -3.37. The first kappa shape index (κ1) is 12.0. The first-order chi connectivity index (χ1) is 8.54. The van der Waals surface area contributed by atoms with E-state index in [9.17, 15) is 13.5 Å². The van der Waals surface area contributed by atoms with Crippen molar-refractivity contribution < 1.29 is 13.5 Å². The second-order valence-corrected chi connectivity index (χ2v) is 6.64. The van der Waals surface area contributed by atoms with Crippen LogP contribution in [0.25, 0.3) is 0 Å². The number of hydrogen-bond donors (Lipinski definition) is 2. The minimum absolute atomic E-state index is 0.126. The van der Waals surface area contributed by atoms with Gasteiger partial charge in [-0.3, -0.25) is 0 Å². The summed E-state index contributed by atoms with van der Waals surface area (Å²) >= 11 is 0. The van der Waals surface area contributed by atoms with Crippen molar-refractivity contribution in [3.63, 3.8) is 0 Å². The highest BCUT2D eigenvalue weighted by Gasteiger charge is 2.32. The van der Waals surface area contributed by atoms with Gasteiger partial charge in [-0.1, -0.05) is 6.07 Å². The van der Waals surface area contributed by atoms with E-state index in [0.717, 1.165) is 24.0 Å². The van der Waals surface area contributed by atoms with E-state index in [1.54, 1.807) is 12.1 Å². The lowest BCUT2D eigenvalue weighted by molar-refractivity contribution is 0.381. The smallest absolute Gasteiger partial charge is 0.280 e. The van der Waals surface area contributed by atoms with E-state index in [1.165, 1.54) is 4.31 Å². The van der Waals surface area contributed by atoms with E-state index in [-0.39, 0.29) is 11.8 Å². The van der Waals surface area contributed by atoms with Crippen LogP contribution in [0.3, 0.4) is 0 Å². The summed E-state index contributed by atoms with van der Waals surface area (Å²) < 4.78 is 28.3. The maximum atomic E-state index is 12.1. The van der Waals surface area contributed by atoms with Crippen LogP contribution in [0.1, 0.15) is 24.0 Å². The van der Waals surface area contributed by atoms with Crippen LogP contribution in [0.5, 0.6) is 5.75 Å². The molecule has 1 aromatic rings. The molecule has 1 heterocycles. The largest absolute Gasteiger partial charge is 0.508 e. The number of hydrogen-bond acceptors (Lipinski definition) is 3. The van der Waals surface area contributed by atoms with Crippen LogP contribution in [-0.2, 0) is 23.2 Å². The number of phenols is 1. The maximum Gasteiger partial charge on any atom is 0.280 e. The van der Waals surface area contributed by atoms with Gasteiger partial charge < -0.3 is 5.11 Å². The molecule has 5 nitrogen and oxygen atoms in total. The normalized spacial score (nSPS) is 20.7. The molecule has 1 aromatic carbocycles. The molecule has 0 amide bonds. The molecule has 3 rings (SSSR count). The molecule has 1 fully saturated rings. The topological polar surface area (TPSA) is 69.6 Å². The lowest BCUT2D eigenvalue weighted by atomic mass is 10.0. The SMILES string of the molecule is O=S(=O)(NC1CC1)N1CCc2ccc(O)cc2C1. The van der Waals surface area contributed by atoms with Gasteiger partial charge in [0.25, 0.3) is 10.2 Å². The zero-order chi connectivity index (χ0) is 12.8. The Hall–Kier alpha value is -1.11. The summed E-state index contributed by atoms with van der Waals surface area (Å²) in [4.78, 5) is 0. The average molecular weight is 268 g/mol. The molecule has 1 saturated carbocycles. The predicted octanol–water partition coefficient (Wildman–Crippen LogP) is 0.747. The zero-order valence-electron chi connectivity index (χ0n) is 9.96. The number of benzene rings is 1. The third-order valence-electron chi connectivity index (χ3n) is 3.40. The molecular weight excluding hydrogens is 252 g/mol. The maximum absolute atomic E-state index is 12.1. The molecule has 98 valence electrons. The summed E-state index contributed by atoms with van der Waals surface area (Å²) in [6, 6.07) is 5.28. The molecule has 0 unspecified atom stereocenters. The number of aromatic hydroxyl groups is 1. The molecule has 2 aliphatic rings. The molecular formula is C12H16N2O3S. The van der Waals surface area contributed by atoms with Gasteiger partial charge >= 0.3 is 0 Å². The molecule has 1 aliphatic carbocycles. The van der Waals surface area contributed by atoms with Gasteiger partial charge in [0.1, 0.15) is 5.75 Å². The molecule has 0 radical (unpaired) electrons. The van der Waals surface area contributed by atoms with E-state index < -0.39 is 10.2 Å². The van der Waals surface area contributed by atoms with Crippen molar-refractivity contribution in [2.75, 3.05) is 6.54 Å². The van der Waals surface area contributed by atoms with Crippen LogP contribution in [0.4, 0.5) is 0 Å². The summed E-state index contributed by atoms with van der Waals surface area (Å²) in [6.45, 7) is 0.839. The summed E-state index contributed by atoms with van der Waals surface area (Å²) in [5, 5.41) is 9.45. The molecule has 0 aromatic heterocycles. The standard InChI is InChI=1S/C12H16N2O3S/c15-12-4-1-9-5-6-14(8-10(9)7-12)18(16,17)13-11-2-3-11/h1,4,7,11,13,15H,2-3,5-6,8H2. The number of rotatable bonds is 3. The monoisotopic (exact) mass is 268 g/mol. The highest BCUT2D eigenvalue weighted by atomic mass is 32.2. The van der Waals surface area contributed by atoms with Crippen molar-refractivity contribution >= 4 is 10.2 Å². The van der Waals surface area contributed by atoms with E-state index in [2.05, 4.69) is 4.72 Å². The van der Waals surface area contributed by atoms with E-state index in [0.29, 0.717) is 19.5 Å². The van der Waals surface area contributed by atoms with Gasteiger partial charge in [0.2, 0.25) is 0 Å². The summed E-state index contributed by atoms with van der Waals surface area (Å²) in [5.41, 5.74) is 2.01. The fraction of sp³-hybridized carbons (Fsp3) is 0.500. The molecule has 0 bridgehead atoms. The summed E-state index contributed by atoms with van der Waals surface area (Å²) in [5.74, 6) is 0.183. The number of nitrogens with one attached hydrogen (secondary N) is 1. The highest BCUT2D eigenvalue weighted by molar-refractivity contribution is 7.87. The van der Waals surface area contributed by atoms with E-state index in [1.807, 2.05) is 6.07 Å². The molecule has 2 N–H and O–H groups in total. The zero-order valence-corrected chi connectivity index (χ0v) is 10.8. The van der Waals surface area contributed by atoms with Crippen LogP contribution in [-0.4, -0.2) is 30.4 Å². The molecule has 0 saturated heterocycles. The highest BCUT2D eigenvalue weighted by Crippen LogP contribution is 2.26. The van der Waals surface area contributed by atoms with Gasteiger partial charge in [0, 0.05) is 19.1 Å². The van der Waals surface area contributed by atoms with E-state index >= 15 is 0 Å². The predicted molar refractivity (Wildman–Crippen MR) is 67.3 cm³/mol. The minimum Gasteiger partial charge on any atom is -0.508 e. The second kappa shape index (κ2) is 4.22. The molecule has 0 atom stereocenters. The van der Waals surface area contributed by atoms with Gasteiger partial charge in [-0.2, -0.15) is 17.4 Å². The Balaban J connectivity index is 1.81. The molecule has 1 aliphatic heterocycles. The average Bonchev–Trinajstić information content (AvgIpc) is 3.11. The Morgan fingerprint density at radius 1 is 1.28 bits per heavy atom. The fourth-order valence-corrected chi connectivity index (χ4v) is 3.66. The van der Waals surface area contributed by atoms with Crippen LogP contribution in [0, 0.1) is 0 Å². The van der Waals surface area contributed by atoms with Crippen molar-refractivity contribution in [2.24, 2.45) is 0 Å². The van der Waals surface area contributed by atoms with Gasteiger partial charge in [-0.25, -0.2) is 0 Å². The molecule has 18 heavy (non-hydrogen) atoms. The summed E-state index contributed by atoms with van der Waals surface area (Å²) in [7, 11) is -3.37. The number of phenolic OH excluding ortho intramolecular Hbond substituents is 1. The third-order valence-corrected chi connectivity index (χ3v) is 5.02. The van der Waals surface area contributed by atoms with Gasteiger partial charge in [0.05, 0.1) is 0 Å². The molecule has 6 heteroatoms. The Bertz CT molecular complexity index is 567. The van der Waals surface area contributed by atoms with Crippen molar-refractivity contribution in [3.8, 4) is 5.75 Å². The van der Waals surface area contributed by atoms with Gasteiger partial charge in [-0.05, 0) is 42.5 Å². The Labute approximate surface area is 107 Å². The summed E-state index contributed by atoms with van der Waals surface area (Å²) in [6.07, 6.45) is 2.57. The molecule has 0 spiro atoms. The lowest BCUT2D eigenvalue weighted by Gasteiger charge is -2.28. The number of nitrogens with zero attached hydrogens (tertiary/aromatic N) is 1. The third kappa shape index (κ3) is 2.36. The van der Waals surface area contributed by atoms with Crippen LogP contribution in [0.15, 0.2) is 18.2 Å². The van der Waals surface area contributed by atoms with Gasteiger partial charge in [0.15, 0.2) is 0 Å². The van der Waals surface area contributed by atoms with Crippen molar-refractivity contribution in [1.29, 1.82) is 0 Å². The van der Waals surface area contributed by atoms with E-state index in [4.69, 9.17) is 0 Å². The second-order valence-electron chi connectivity index (χ2n) is 4.93. The van der Waals surface area contributed by atoms with Crippen molar-refractivity contribution in [2.45, 2.75) is 31.8 Å². The van der Waals surface area contributed by atoms with Crippen LogP contribution >= 0.6 is 0 Å². The van der Waals surface area contributed by atoms with Crippen LogP contribution in [0.2, 0.25) is 0 Å². The Morgan fingerprint density at radius 2 is 2.06 bits per heavy atom. The fourth-order valence-electron chi connectivity index (χ4n) is 2.21. The Kier molecular flexibility index (Phi) is 2.80. The Morgan fingerprint density at radius 3 is 2.78 bits per heavy atom. The van der Waals surface area contributed by atoms with Crippen molar-refractivity contribution in [3.05, 3.63) is 29.3 Å². The lowest BCUT2D eigenvalue weighted by Crippen LogP contribution is -2.44.